The predicted molar refractivity (Wildman–Crippen MR) is 60.9 cm³/mol. The van der Waals surface area contributed by atoms with Crippen LogP contribution in [0.5, 0.6) is 0 Å². The summed E-state index contributed by atoms with van der Waals surface area (Å²) in [7, 11) is -3.31. The Kier molecular flexibility index (Phi) is 2.73. The number of nitrogens with zero attached hydrogens (tertiary/aromatic N) is 1. The van der Waals surface area contributed by atoms with Crippen LogP contribution in [0.2, 0.25) is 0 Å². The first kappa shape index (κ1) is 11.2. The van der Waals surface area contributed by atoms with Crippen molar-refractivity contribution in [2.75, 3.05) is 6.26 Å². The second-order valence-electron chi connectivity index (χ2n) is 4.17. The Morgan fingerprint density at radius 2 is 1.94 bits per heavy atom. The average molecular weight is 235 g/mol. The van der Waals surface area contributed by atoms with Crippen LogP contribution in [0, 0.1) is 11.3 Å². The van der Waals surface area contributed by atoms with Crippen molar-refractivity contribution in [3.8, 4) is 6.07 Å². The fraction of sp³-hybridized carbons (Fsp3) is 0.417. The van der Waals surface area contributed by atoms with E-state index in [4.69, 9.17) is 5.26 Å². The molecule has 0 saturated carbocycles. The SMILES string of the molecule is CS(=O)(=O)c1c(C#N)ccc2c1CCCC2. The molecule has 0 aromatic heterocycles. The van der Waals surface area contributed by atoms with Gasteiger partial charge in [0.05, 0.1) is 10.5 Å². The summed E-state index contributed by atoms with van der Waals surface area (Å²) < 4.78 is 23.5. The first-order valence-electron chi connectivity index (χ1n) is 5.29. The monoisotopic (exact) mass is 235 g/mol. The highest BCUT2D eigenvalue weighted by Crippen LogP contribution is 2.29. The molecule has 0 atom stereocenters. The summed E-state index contributed by atoms with van der Waals surface area (Å²) >= 11 is 0. The second kappa shape index (κ2) is 3.91. The molecule has 1 aromatic carbocycles. The maximum absolute atomic E-state index is 11.7. The Balaban J connectivity index is 2.77. The van der Waals surface area contributed by atoms with Crippen LogP contribution in [0.15, 0.2) is 17.0 Å². The van der Waals surface area contributed by atoms with Gasteiger partial charge in [0.1, 0.15) is 6.07 Å². The summed E-state index contributed by atoms with van der Waals surface area (Å²) in [6.07, 6.45) is 4.97. The third-order valence-corrected chi connectivity index (χ3v) is 4.18. The molecule has 0 radical (unpaired) electrons. The minimum absolute atomic E-state index is 0.257. The van der Waals surface area contributed by atoms with E-state index in [0.717, 1.165) is 36.8 Å². The molecule has 0 aliphatic heterocycles. The molecule has 4 heteroatoms. The van der Waals surface area contributed by atoms with Crippen LogP contribution in [0.4, 0.5) is 0 Å². The molecule has 0 amide bonds. The summed E-state index contributed by atoms with van der Waals surface area (Å²) in [4.78, 5) is 0.257. The van der Waals surface area contributed by atoms with Gasteiger partial charge in [0.2, 0.25) is 0 Å². The number of aryl methyl sites for hydroxylation is 1. The van der Waals surface area contributed by atoms with Crippen molar-refractivity contribution in [3.05, 3.63) is 28.8 Å². The molecule has 0 unspecified atom stereocenters. The maximum Gasteiger partial charge on any atom is 0.177 e. The summed E-state index contributed by atoms with van der Waals surface area (Å²) in [6, 6.07) is 5.49. The molecule has 2 rings (SSSR count). The first-order chi connectivity index (χ1) is 7.54. The van der Waals surface area contributed by atoms with Crippen LogP contribution in [0.3, 0.4) is 0 Å². The van der Waals surface area contributed by atoms with Gasteiger partial charge in [0.15, 0.2) is 9.84 Å². The summed E-state index contributed by atoms with van der Waals surface area (Å²) in [5.41, 5.74) is 2.24. The zero-order chi connectivity index (χ0) is 11.8. The van der Waals surface area contributed by atoms with Gasteiger partial charge in [-0.2, -0.15) is 5.26 Å². The Bertz CT molecular complexity index is 567. The number of sulfone groups is 1. The lowest BCUT2D eigenvalue weighted by molar-refractivity contribution is 0.596. The Labute approximate surface area is 95.6 Å². The molecule has 0 N–H and O–H groups in total. The van der Waals surface area contributed by atoms with Crippen LogP contribution in [0.25, 0.3) is 0 Å². The van der Waals surface area contributed by atoms with Gasteiger partial charge in [-0.05, 0) is 42.9 Å². The first-order valence-corrected chi connectivity index (χ1v) is 7.18. The Morgan fingerprint density at radius 3 is 2.56 bits per heavy atom. The molecule has 16 heavy (non-hydrogen) atoms. The van der Waals surface area contributed by atoms with Crippen molar-refractivity contribution in [1.29, 1.82) is 5.26 Å². The Hall–Kier alpha value is -1.34. The summed E-state index contributed by atoms with van der Waals surface area (Å²) in [5, 5.41) is 8.97. The fourth-order valence-corrected chi connectivity index (χ4v) is 3.50. The second-order valence-corrected chi connectivity index (χ2v) is 6.12. The van der Waals surface area contributed by atoms with Crippen molar-refractivity contribution in [2.24, 2.45) is 0 Å². The molecular weight excluding hydrogens is 222 g/mol. The van der Waals surface area contributed by atoms with Gasteiger partial charge in [-0.15, -0.1) is 0 Å². The quantitative estimate of drug-likeness (QED) is 0.746. The molecule has 0 heterocycles. The van der Waals surface area contributed by atoms with Crippen molar-refractivity contribution >= 4 is 9.84 Å². The van der Waals surface area contributed by atoms with Gasteiger partial charge < -0.3 is 0 Å². The zero-order valence-corrected chi connectivity index (χ0v) is 9.97. The minimum Gasteiger partial charge on any atom is -0.224 e. The number of hydrogen-bond donors (Lipinski definition) is 0. The van der Waals surface area contributed by atoms with E-state index in [-0.39, 0.29) is 10.5 Å². The van der Waals surface area contributed by atoms with E-state index in [0.29, 0.717) is 0 Å². The number of nitriles is 1. The number of rotatable bonds is 1. The van der Waals surface area contributed by atoms with Crippen LogP contribution in [-0.4, -0.2) is 14.7 Å². The van der Waals surface area contributed by atoms with E-state index in [2.05, 4.69) is 0 Å². The predicted octanol–water partition coefficient (Wildman–Crippen LogP) is 1.84. The smallest absolute Gasteiger partial charge is 0.177 e. The van der Waals surface area contributed by atoms with Gasteiger partial charge in [-0.1, -0.05) is 6.07 Å². The molecule has 0 spiro atoms. The van der Waals surface area contributed by atoms with Crippen LogP contribution < -0.4 is 0 Å². The van der Waals surface area contributed by atoms with E-state index >= 15 is 0 Å². The fourth-order valence-electron chi connectivity index (χ4n) is 2.31. The number of benzene rings is 1. The van der Waals surface area contributed by atoms with E-state index in [1.54, 1.807) is 6.07 Å². The van der Waals surface area contributed by atoms with Gasteiger partial charge in [-0.25, -0.2) is 8.42 Å². The van der Waals surface area contributed by atoms with E-state index in [9.17, 15) is 8.42 Å². The molecular formula is C12H13NO2S. The third kappa shape index (κ3) is 1.83. The molecule has 0 fully saturated rings. The van der Waals surface area contributed by atoms with Crippen LogP contribution >= 0.6 is 0 Å². The summed E-state index contributed by atoms with van der Waals surface area (Å²) in [5.74, 6) is 0. The molecule has 3 nitrogen and oxygen atoms in total. The van der Waals surface area contributed by atoms with E-state index in [1.165, 1.54) is 6.26 Å². The highest BCUT2D eigenvalue weighted by molar-refractivity contribution is 7.90. The Morgan fingerprint density at radius 1 is 1.25 bits per heavy atom. The lowest BCUT2D eigenvalue weighted by Crippen LogP contribution is -2.12. The van der Waals surface area contributed by atoms with E-state index < -0.39 is 9.84 Å². The van der Waals surface area contributed by atoms with Crippen LogP contribution in [0.1, 0.15) is 29.5 Å². The van der Waals surface area contributed by atoms with Gasteiger partial charge in [0, 0.05) is 6.26 Å². The lowest BCUT2D eigenvalue weighted by atomic mass is 9.90. The van der Waals surface area contributed by atoms with Gasteiger partial charge >= 0.3 is 0 Å². The standard InChI is InChI=1S/C12H13NO2S/c1-16(14,15)12-10(8-13)7-6-9-4-2-3-5-11(9)12/h6-7H,2-5H2,1H3. The normalized spacial score (nSPS) is 15.2. The lowest BCUT2D eigenvalue weighted by Gasteiger charge is -2.19. The van der Waals surface area contributed by atoms with Crippen molar-refractivity contribution in [2.45, 2.75) is 30.6 Å². The minimum atomic E-state index is -3.31. The maximum atomic E-state index is 11.7. The van der Waals surface area contributed by atoms with Gasteiger partial charge in [0.25, 0.3) is 0 Å². The van der Waals surface area contributed by atoms with Crippen molar-refractivity contribution in [3.63, 3.8) is 0 Å². The molecule has 84 valence electrons. The summed E-state index contributed by atoms with van der Waals surface area (Å²) in [6.45, 7) is 0. The van der Waals surface area contributed by atoms with Gasteiger partial charge in [-0.3, -0.25) is 0 Å². The third-order valence-electron chi connectivity index (χ3n) is 2.97. The number of hydrogen-bond acceptors (Lipinski definition) is 3. The topological polar surface area (TPSA) is 57.9 Å². The molecule has 1 aromatic rings. The molecule has 1 aliphatic rings. The van der Waals surface area contributed by atoms with E-state index in [1.807, 2.05) is 12.1 Å². The molecule has 1 aliphatic carbocycles. The molecule has 0 bridgehead atoms. The van der Waals surface area contributed by atoms with Crippen LogP contribution in [-0.2, 0) is 22.7 Å². The highest BCUT2D eigenvalue weighted by atomic mass is 32.2. The van der Waals surface area contributed by atoms with Crippen molar-refractivity contribution < 1.29 is 8.42 Å². The van der Waals surface area contributed by atoms with Crippen molar-refractivity contribution in [1.82, 2.24) is 0 Å². The molecule has 0 saturated heterocycles. The highest BCUT2D eigenvalue weighted by Gasteiger charge is 2.22. The largest absolute Gasteiger partial charge is 0.224 e. The average Bonchev–Trinajstić information content (AvgIpc) is 2.26. The zero-order valence-electron chi connectivity index (χ0n) is 9.16. The number of fused-ring (bicyclic) bond motifs is 1.